The van der Waals surface area contributed by atoms with Crippen molar-refractivity contribution in [2.45, 2.75) is 13.8 Å². The van der Waals surface area contributed by atoms with E-state index in [1.54, 1.807) is 12.4 Å². The zero-order valence-corrected chi connectivity index (χ0v) is 16.8. The molecule has 1 aliphatic rings. The molecule has 1 saturated heterocycles. The lowest BCUT2D eigenvalue weighted by atomic mass is 10.1. The number of hydrogen-bond acceptors (Lipinski definition) is 5. The van der Waals surface area contributed by atoms with Crippen molar-refractivity contribution in [1.29, 1.82) is 0 Å². The van der Waals surface area contributed by atoms with Gasteiger partial charge in [-0.15, -0.1) is 0 Å². The van der Waals surface area contributed by atoms with Crippen LogP contribution in [0, 0.1) is 13.8 Å². The second-order valence-corrected chi connectivity index (χ2v) is 7.41. The largest absolute Gasteiger partial charge is 0.368 e. The van der Waals surface area contributed by atoms with Gasteiger partial charge in [0.05, 0.1) is 5.56 Å². The quantitative estimate of drug-likeness (QED) is 0.738. The van der Waals surface area contributed by atoms with Gasteiger partial charge in [-0.2, -0.15) is 0 Å². The minimum atomic E-state index is -0.0179. The van der Waals surface area contributed by atoms with Crippen LogP contribution < -0.4 is 10.2 Å². The van der Waals surface area contributed by atoms with Crippen molar-refractivity contribution in [1.82, 2.24) is 14.9 Å². The number of aryl methyl sites for hydroxylation is 2. The summed E-state index contributed by atoms with van der Waals surface area (Å²) < 4.78 is 0. The molecule has 0 spiro atoms. The van der Waals surface area contributed by atoms with Gasteiger partial charge in [0, 0.05) is 49.9 Å². The van der Waals surface area contributed by atoms with Crippen LogP contribution in [0.3, 0.4) is 0 Å². The molecule has 3 aromatic rings. The maximum Gasteiger partial charge on any atom is 0.257 e. The maximum absolute atomic E-state index is 12.8. The lowest BCUT2D eigenvalue weighted by Gasteiger charge is -2.36. The van der Waals surface area contributed by atoms with Gasteiger partial charge in [0.1, 0.15) is 0 Å². The fourth-order valence-corrected chi connectivity index (χ4v) is 3.67. The Hall–Kier alpha value is -3.41. The third kappa shape index (κ3) is 4.54. The molecule has 4 rings (SSSR count). The molecule has 148 valence electrons. The van der Waals surface area contributed by atoms with E-state index < -0.39 is 0 Å². The van der Waals surface area contributed by atoms with Crippen molar-refractivity contribution in [3.63, 3.8) is 0 Å². The molecule has 6 heteroatoms. The highest BCUT2D eigenvalue weighted by atomic mass is 16.2. The van der Waals surface area contributed by atoms with Gasteiger partial charge in [0.15, 0.2) is 0 Å². The fraction of sp³-hybridized carbons (Fsp3) is 0.261. The molecule has 0 aliphatic carbocycles. The molecule has 1 aromatic heterocycles. The minimum Gasteiger partial charge on any atom is -0.368 e. The van der Waals surface area contributed by atoms with Crippen LogP contribution in [0.15, 0.2) is 60.9 Å². The van der Waals surface area contributed by atoms with Crippen LogP contribution in [-0.4, -0.2) is 47.0 Å². The molecule has 0 atom stereocenters. The smallest absolute Gasteiger partial charge is 0.257 e. The van der Waals surface area contributed by atoms with Gasteiger partial charge < -0.3 is 15.1 Å². The van der Waals surface area contributed by atoms with Crippen molar-refractivity contribution in [2.75, 3.05) is 36.4 Å². The van der Waals surface area contributed by atoms with E-state index in [0.717, 1.165) is 18.8 Å². The van der Waals surface area contributed by atoms with Crippen LogP contribution in [0.1, 0.15) is 21.5 Å². The van der Waals surface area contributed by atoms with E-state index in [9.17, 15) is 4.79 Å². The number of amides is 1. The summed E-state index contributed by atoms with van der Waals surface area (Å²) in [5.74, 6) is 0.469. The second-order valence-electron chi connectivity index (χ2n) is 7.41. The molecule has 29 heavy (non-hydrogen) atoms. The topological polar surface area (TPSA) is 61.4 Å². The standard InChI is InChI=1S/C23H25N5O/c1-17-12-18(2)14-20(13-17)26-23-24-15-19(16-25-23)22(29)28-10-8-27(9-11-28)21-6-4-3-5-7-21/h3-7,12-16H,8-11H2,1-2H3,(H,24,25,26). The van der Waals surface area contributed by atoms with Crippen LogP contribution in [0.2, 0.25) is 0 Å². The first kappa shape index (κ1) is 18.9. The SMILES string of the molecule is Cc1cc(C)cc(Nc2ncc(C(=O)N3CCN(c4ccccc4)CC3)cn2)c1. The van der Waals surface area contributed by atoms with Gasteiger partial charge in [-0.05, 0) is 49.2 Å². The summed E-state index contributed by atoms with van der Waals surface area (Å²) in [7, 11) is 0. The predicted molar refractivity (Wildman–Crippen MR) is 116 cm³/mol. The third-order valence-corrected chi connectivity index (χ3v) is 5.06. The number of nitrogens with one attached hydrogen (secondary N) is 1. The van der Waals surface area contributed by atoms with Crippen molar-refractivity contribution in [2.24, 2.45) is 0 Å². The summed E-state index contributed by atoms with van der Waals surface area (Å²) in [6, 6.07) is 16.5. The lowest BCUT2D eigenvalue weighted by Crippen LogP contribution is -2.48. The van der Waals surface area contributed by atoms with Crippen molar-refractivity contribution in [3.8, 4) is 0 Å². The normalized spacial score (nSPS) is 14.0. The van der Waals surface area contributed by atoms with E-state index in [-0.39, 0.29) is 5.91 Å². The predicted octanol–water partition coefficient (Wildman–Crippen LogP) is 3.80. The Labute approximate surface area is 171 Å². The molecule has 1 amide bonds. The summed E-state index contributed by atoms with van der Waals surface area (Å²) in [6.45, 7) is 7.13. The molecule has 0 saturated carbocycles. The van der Waals surface area contributed by atoms with E-state index in [2.05, 4.69) is 52.2 Å². The van der Waals surface area contributed by atoms with Gasteiger partial charge >= 0.3 is 0 Å². The van der Waals surface area contributed by atoms with Gasteiger partial charge in [0.2, 0.25) is 5.95 Å². The number of para-hydroxylation sites is 1. The summed E-state index contributed by atoms with van der Waals surface area (Å²) in [5.41, 5.74) is 5.01. The summed E-state index contributed by atoms with van der Waals surface area (Å²) in [5, 5.41) is 3.20. The second kappa shape index (κ2) is 8.31. The Balaban J connectivity index is 1.37. The Morgan fingerprint density at radius 1 is 0.897 bits per heavy atom. The molecule has 2 heterocycles. The summed E-state index contributed by atoms with van der Waals surface area (Å²) in [4.78, 5) is 25.6. The van der Waals surface area contributed by atoms with Gasteiger partial charge in [-0.3, -0.25) is 4.79 Å². The number of benzene rings is 2. The molecule has 6 nitrogen and oxygen atoms in total. The molecular weight excluding hydrogens is 362 g/mol. The molecule has 2 aromatic carbocycles. The average Bonchev–Trinajstić information content (AvgIpc) is 2.74. The average molecular weight is 387 g/mol. The molecule has 1 fully saturated rings. The first-order chi connectivity index (χ1) is 14.1. The first-order valence-corrected chi connectivity index (χ1v) is 9.85. The summed E-state index contributed by atoms with van der Waals surface area (Å²) in [6.07, 6.45) is 3.20. The number of anilines is 3. The highest BCUT2D eigenvalue weighted by molar-refractivity contribution is 5.94. The number of piperazine rings is 1. The number of nitrogens with zero attached hydrogens (tertiary/aromatic N) is 4. The molecule has 0 unspecified atom stereocenters. The van der Waals surface area contributed by atoms with Crippen LogP contribution in [0.4, 0.5) is 17.3 Å². The number of carbonyl (C=O) groups excluding carboxylic acids is 1. The number of aromatic nitrogens is 2. The number of rotatable bonds is 4. The first-order valence-electron chi connectivity index (χ1n) is 9.85. The molecule has 0 radical (unpaired) electrons. The van der Waals surface area contributed by atoms with Gasteiger partial charge in [0.25, 0.3) is 5.91 Å². The van der Waals surface area contributed by atoms with Gasteiger partial charge in [-0.25, -0.2) is 9.97 Å². The van der Waals surface area contributed by atoms with Crippen molar-refractivity contribution in [3.05, 3.63) is 77.6 Å². The number of hydrogen-bond donors (Lipinski definition) is 1. The highest BCUT2D eigenvalue weighted by Crippen LogP contribution is 2.19. The fourth-order valence-electron chi connectivity index (χ4n) is 3.67. The zero-order chi connectivity index (χ0) is 20.2. The number of carbonyl (C=O) groups is 1. The molecule has 1 N–H and O–H groups in total. The van der Waals surface area contributed by atoms with Crippen molar-refractivity contribution >= 4 is 23.2 Å². The third-order valence-electron chi connectivity index (χ3n) is 5.06. The van der Waals surface area contributed by atoms with Crippen LogP contribution >= 0.6 is 0 Å². The highest BCUT2D eigenvalue weighted by Gasteiger charge is 2.22. The Kier molecular flexibility index (Phi) is 5.42. The summed E-state index contributed by atoms with van der Waals surface area (Å²) >= 11 is 0. The van der Waals surface area contributed by atoms with Crippen LogP contribution in [0.5, 0.6) is 0 Å². The van der Waals surface area contributed by atoms with Crippen molar-refractivity contribution < 1.29 is 4.79 Å². The van der Waals surface area contributed by atoms with E-state index in [4.69, 9.17) is 0 Å². The molecule has 0 bridgehead atoms. The monoisotopic (exact) mass is 387 g/mol. The van der Waals surface area contributed by atoms with Crippen LogP contribution in [-0.2, 0) is 0 Å². The van der Waals surface area contributed by atoms with E-state index in [0.29, 0.717) is 24.6 Å². The Morgan fingerprint density at radius 3 is 2.14 bits per heavy atom. The Bertz CT molecular complexity index is 960. The lowest BCUT2D eigenvalue weighted by molar-refractivity contribution is 0.0746. The van der Waals surface area contributed by atoms with E-state index in [1.165, 1.54) is 16.8 Å². The van der Waals surface area contributed by atoms with E-state index >= 15 is 0 Å². The maximum atomic E-state index is 12.8. The molecule has 1 aliphatic heterocycles. The van der Waals surface area contributed by atoms with E-state index in [1.807, 2.05) is 35.2 Å². The minimum absolute atomic E-state index is 0.0179. The van der Waals surface area contributed by atoms with Crippen LogP contribution in [0.25, 0.3) is 0 Å². The Morgan fingerprint density at radius 2 is 1.52 bits per heavy atom. The van der Waals surface area contributed by atoms with Gasteiger partial charge in [-0.1, -0.05) is 24.3 Å². The molecular formula is C23H25N5O. The zero-order valence-electron chi connectivity index (χ0n) is 16.8.